The topological polar surface area (TPSA) is 29.1 Å². The van der Waals surface area contributed by atoms with Gasteiger partial charge in [0.15, 0.2) is 0 Å². The van der Waals surface area contributed by atoms with Crippen LogP contribution in [0.5, 0.6) is 0 Å². The van der Waals surface area contributed by atoms with Crippen molar-refractivity contribution in [3.05, 3.63) is 0 Å². The van der Waals surface area contributed by atoms with Gasteiger partial charge in [0, 0.05) is 6.04 Å². The zero-order valence-electron chi connectivity index (χ0n) is 8.89. The van der Waals surface area contributed by atoms with E-state index in [0.717, 1.165) is 12.8 Å². The summed E-state index contributed by atoms with van der Waals surface area (Å²) < 4.78 is 0. The van der Waals surface area contributed by atoms with Gasteiger partial charge in [0.05, 0.1) is 0 Å². The molecule has 0 aromatic rings. The third-order valence-corrected chi connectivity index (χ3v) is 3.01. The molecule has 1 aliphatic rings. The molecule has 0 aromatic heterocycles. The number of amides is 1. The molecule has 1 N–H and O–H groups in total. The molecule has 1 rings (SSSR count). The number of nitrogens with one attached hydrogen (secondary N) is 1. The Hall–Kier alpha value is -0.240. The smallest absolute Gasteiger partial charge is 0.237 e. The van der Waals surface area contributed by atoms with Crippen LogP contribution in [0, 0.1) is 0 Å². The number of alkyl halides is 1. The summed E-state index contributed by atoms with van der Waals surface area (Å²) in [6, 6.07) is 0.365. The molecule has 0 bridgehead atoms. The van der Waals surface area contributed by atoms with Crippen molar-refractivity contribution in [2.24, 2.45) is 0 Å². The Morgan fingerprint density at radius 1 is 1.21 bits per heavy atom. The third-order valence-electron chi connectivity index (χ3n) is 2.81. The van der Waals surface area contributed by atoms with E-state index >= 15 is 0 Å². The van der Waals surface area contributed by atoms with Gasteiger partial charge in [-0.2, -0.15) is 0 Å². The van der Waals surface area contributed by atoms with E-state index in [9.17, 15) is 4.79 Å². The van der Waals surface area contributed by atoms with Crippen molar-refractivity contribution in [2.45, 2.75) is 63.3 Å². The highest BCUT2D eigenvalue weighted by atomic mass is 35.5. The highest BCUT2D eigenvalue weighted by molar-refractivity contribution is 6.30. The third kappa shape index (κ3) is 4.32. The number of rotatable bonds is 2. The van der Waals surface area contributed by atoms with E-state index in [-0.39, 0.29) is 5.91 Å². The average Bonchev–Trinajstić information content (AvgIpc) is 2.08. The summed E-state index contributed by atoms with van der Waals surface area (Å²) in [5.74, 6) is -0.0164. The number of carbonyl (C=O) groups excluding carboxylic acids is 1. The van der Waals surface area contributed by atoms with Crippen molar-refractivity contribution in [2.75, 3.05) is 0 Å². The maximum atomic E-state index is 11.4. The SMILES string of the molecule is C[C@@H](Cl)C(=O)NC1CCCCCCC1. The van der Waals surface area contributed by atoms with Crippen LogP contribution in [-0.4, -0.2) is 17.3 Å². The van der Waals surface area contributed by atoms with Gasteiger partial charge in [-0.3, -0.25) is 4.79 Å². The van der Waals surface area contributed by atoms with E-state index in [1.807, 2.05) is 0 Å². The van der Waals surface area contributed by atoms with Crippen LogP contribution in [0.1, 0.15) is 51.9 Å². The molecule has 0 heterocycles. The van der Waals surface area contributed by atoms with Crippen LogP contribution < -0.4 is 5.32 Å². The molecular formula is C11H20ClNO. The van der Waals surface area contributed by atoms with Gasteiger partial charge in [0.2, 0.25) is 5.91 Å². The van der Waals surface area contributed by atoms with Crippen molar-refractivity contribution in [3.8, 4) is 0 Å². The molecule has 0 saturated heterocycles. The summed E-state index contributed by atoms with van der Waals surface area (Å²) in [5.41, 5.74) is 0. The molecule has 0 aromatic carbocycles. The minimum absolute atomic E-state index is 0.0164. The van der Waals surface area contributed by atoms with Crippen molar-refractivity contribution in [3.63, 3.8) is 0 Å². The number of hydrogen-bond acceptors (Lipinski definition) is 1. The first kappa shape index (κ1) is 11.8. The molecule has 14 heavy (non-hydrogen) atoms. The molecule has 0 unspecified atom stereocenters. The molecule has 1 aliphatic carbocycles. The maximum absolute atomic E-state index is 11.4. The first-order chi connectivity index (χ1) is 6.70. The van der Waals surface area contributed by atoms with Gasteiger partial charge in [-0.1, -0.05) is 32.1 Å². The predicted molar refractivity (Wildman–Crippen MR) is 59.6 cm³/mol. The van der Waals surface area contributed by atoms with E-state index in [4.69, 9.17) is 11.6 Å². The molecule has 1 atom stereocenters. The van der Waals surface area contributed by atoms with Crippen molar-refractivity contribution in [1.29, 1.82) is 0 Å². The van der Waals surface area contributed by atoms with Crippen molar-refractivity contribution >= 4 is 17.5 Å². The average molecular weight is 218 g/mol. The van der Waals surface area contributed by atoms with Crippen LogP contribution in [0.25, 0.3) is 0 Å². The first-order valence-corrected chi connectivity index (χ1v) is 6.08. The second kappa shape index (κ2) is 6.28. The lowest BCUT2D eigenvalue weighted by molar-refractivity contribution is -0.121. The van der Waals surface area contributed by atoms with Gasteiger partial charge >= 0.3 is 0 Å². The van der Waals surface area contributed by atoms with Crippen LogP contribution >= 0.6 is 11.6 Å². The Kier molecular flexibility index (Phi) is 5.31. The molecule has 1 amide bonds. The maximum Gasteiger partial charge on any atom is 0.237 e. The largest absolute Gasteiger partial charge is 0.352 e. The fraction of sp³-hybridized carbons (Fsp3) is 0.909. The van der Waals surface area contributed by atoms with E-state index in [1.165, 1.54) is 32.1 Å². The minimum atomic E-state index is -0.402. The van der Waals surface area contributed by atoms with Crippen molar-refractivity contribution < 1.29 is 4.79 Å². The van der Waals surface area contributed by atoms with Crippen LogP contribution in [0.2, 0.25) is 0 Å². The fourth-order valence-electron chi connectivity index (χ4n) is 1.92. The summed E-state index contributed by atoms with van der Waals surface area (Å²) >= 11 is 5.71. The monoisotopic (exact) mass is 217 g/mol. The Balaban J connectivity index is 2.30. The Morgan fingerprint density at radius 3 is 2.21 bits per heavy atom. The lowest BCUT2D eigenvalue weighted by Gasteiger charge is -2.21. The normalized spacial score (nSPS) is 22.1. The molecule has 1 saturated carbocycles. The van der Waals surface area contributed by atoms with E-state index in [1.54, 1.807) is 6.92 Å². The molecule has 0 spiro atoms. The van der Waals surface area contributed by atoms with E-state index < -0.39 is 5.38 Å². The Labute approximate surface area is 91.4 Å². The zero-order chi connectivity index (χ0) is 10.4. The highest BCUT2D eigenvalue weighted by Crippen LogP contribution is 2.17. The van der Waals surface area contributed by atoms with Crippen LogP contribution in [-0.2, 0) is 4.79 Å². The van der Waals surface area contributed by atoms with E-state index in [0.29, 0.717) is 6.04 Å². The lowest BCUT2D eigenvalue weighted by atomic mass is 9.97. The second-order valence-electron chi connectivity index (χ2n) is 4.17. The van der Waals surface area contributed by atoms with Crippen LogP contribution in [0.15, 0.2) is 0 Å². The van der Waals surface area contributed by atoms with Gasteiger partial charge in [-0.15, -0.1) is 11.6 Å². The molecule has 0 radical (unpaired) electrons. The van der Waals surface area contributed by atoms with Crippen LogP contribution in [0.3, 0.4) is 0 Å². The molecule has 3 heteroatoms. The summed E-state index contributed by atoms with van der Waals surface area (Å²) in [7, 11) is 0. The minimum Gasteiger partial charge on any atom is -0.352 e. The Bertz CT molecular complexity index is 174. The molecular weight excluding hydrogens is 198 g/mol. The van der Waals surface area contributed by atoms with E-state index in [2.05, 4.69) is 5.32 Å². The highest BCUT2D eigenvalue weighted by Gasteiger charge is 2.16. The van der Waals surface area contributed by atoms with Crippen molar-refractivity contribution in [1.82, 2.24) is 5.32 Å². The summed E-state index contributed by atoms with van der Waals surface area (Å²) in [5, 5.41) is 2.61. The number of hydrogen-bond donors (Lipinski definition) is 1. The zero-order valence-corrected chi connectivity index (χ0v) is 9.65. The fourth-order valence-corrected chi connectivity index (χ4v) is 1.98. The standard InChI is InChI=1S/C11H20ClNO/c1-9(12)11(14)13-10-7-5-3-2-4-6-8-10/h9-10H,2-8H2,1H3,(H,13,14)/t9-/m1/s1. The molecule has 82 valence electrons. The lowest BCUT2D eigenvalue weighted by Crippen LogP contribution is -2.38. The van der Waals surface area contributed by atoms with Gasteiger partial charge in [-0.25, -0.2) is 0 Å². The van der Waals surface area contributed by atoms with Gasteiger partial charge in [0.1, 0.15) is 5.38 Å². The second-order valence-corrected chi connectivity index (χ2v) is 4.82. The van der Waals surface area contributed by atoms with Gasteiger partial charge < -0.3 is 5.32 Å². The summed E-state index contributed by atoms with van der Waals surface area (Å²) in [6.45, 7) is 1.72. The van der Waals surface area contributed by atoms with Gasteiger partial charge in [-0.05, 0) is 19.8 Å². The number of carbonyl (C=O) groups is 1. The van der Waals surface area contributed by atoms with Gasteiger partial charge in [0.25, 0.3) is 0 Å². The summed E-state index contributed by atoms with van der Waals surface area (Å²) in [6.07, 6.45) is 8.69. The summed E-state index contributed by atoms with van der Waals surface area (Å²) in [4.78, 5) is 11.4. The molecule has 0 aliphatic heterocycles. The molecule has 1 fully saturated rings. The Morgan fingerprint density at radius 2 is 1.71 bits per heavy atom. The predicted octanol–water partition coefficient (Wildman–Crippen LogP) is 2.84. The quantitative estimate of drug-likeness (QED) is 0.709. The van der Waals surface area contributed by atoms with Crippen LogP contribution in [0.4, 0.5) is 0 Å². The molecule has 2 nitrogen and oxygen atoms in total. The number of halogens is 1. The first-order valence-electron chi connectivity index (χ1n) is 5.64.